The molecule has 2 aromatic carbocycles. The number of nitrogens with zero attached hydrogens (tertiary/aromatic N) is 1. The van der Waals surface area contributed by atoms with E-state index in [0.29, 0.717) is 17.1 Å². The molecule has 1 fully saturated rings. The third-order valence-corrected chi connectivity index (χ3v) is 7.46. The molecule has 0 aromatic heterocycles. The van der Waals surface area contributed by atoms with Crippen molar-refractivity contribution in [2.75, 3.05) is 12.9 Å². The Hall–Kier alpha value is -2.25. The summed E-state index contributed by atoms with van der Waals surface area (Å²) in [6, 6.07) is 11.5. The number of nitrogens with one attached hydrogen (secondary N) is 1. The van der Waals surface area contributed by atoms with Crippen LogP contribution in [0.15, 0.2) is 42.5 Å². The van der Waals surface area contributed by atoms with Crippen LogP contribution in [-0.2, 0) is 21.9 Å². The lowest BCUT2D eigenvalue weighted by molar-refractivity contribution is -0.139. The van der Waals surface area contributed by atoms with E-state index in [1.165, 1.54) is 24.2 Å². The SMILES string of the molecule is COc1ccc(CN(C(=O)CSCc2c(F)cccc2Cl)[C@@H](C)C(=O)NC2CCCCC2)cc1. The quantitative estimate of drug-likeness (QED) is 0.456. The number of thioether (sulfide) groups is 1. The van der Waals surface area contributed by atoms with E-state index in [1.807, 2.05) is 24.3 Å². The molecular formula is C26H32ClFN2O3S. The zero-order valence-electron chi connectivity index (χ0n) is 19.7. The minimum absolute atomic E-state index is 0.113. The van der Waals surface area contributed by atoms with Gasteiger partial charge in [0.1, 0.15) is 17.6 Å². The topological polar surface area (TPSA) is 58.6 Å². The van der Waals surface area contributed by atoms with Gasteiger partial charge in [-0.3, -0.25) is 9.59 Å². The van der Waals surface area contributed by atoms with Crippen molar-refractivity contribution in [3.63, 3.8) is 0 Å². The summed E-state index contributed by atoms with van der Waals surface area (Å²) in [7, 11) is 1.60. The summed E-state index contributed by atoms with van der Waals surface area (Å²) < 4.78 is 19.3. The third kappa shape index (κ3) is 7.37. The van der Waals surface area contributed by atoms with Crippen LogP contribution < -0.4 is 10.1 Å². The maximum Gasteiger partial charge on any atom is 0.242 e. The Labute approximate surface area is 210 Å². The Balaban J connectivity index is 1.68. The minimum Gasteiger partial charge on any atom is -0.497 e. The van der Waals surface area contributed by atoms with E-state index in [1.54, 1.807) is 31.1 Å². The number of rotatable bonds is 10. The highest BCUT2D eigenvalue weighted by atomic mass is 35.5. The molecule has 1 N–H and O–H groups in total. The number of ether oxygens (including phenoxy) is 1. The summed E-state index contributed by atoms with van der Waals surface area (Å²) in [4.78, 5) is 27.9. The molecule has 0 spiro atoms. The molecule has 2 aromatic rings. The summed E-state index contributed by atoms with van der Waals surface area (Å²) >= 11 is 7.40. The second-order valence-corrected chi connectivity index (χ2v) is 9.98. The van der Waals surface area contributed by atoms with Gasteiger partial charge in [0.05, 0.1) is 12.9 Å². The number of methoxy groups -OCH3 is 1. The average Bonchev–Trinajstić information content (AvgIpc) is 2.84. The molecule has 3 rings (SSSR count). The average molecular weight is 507 g/mol. The number of hydrogen-bond acceptors (Lipinski definition) is 4. The molecule has 1 saturated carbocycles. The number of halogens is 2. The highest BCUT2D eigenvalue weighted by molar-refractivity contribution is 7.99. The largest absolute Gasteiger partial charge is 0.497 e. The summed E-state index contributed by atoms with van der Waals surface area (Å²) in [6.07, 6.45) is 5.38. The molecular weight excluding hydrogens is 475 g/mol. The monoisotopic (exact) mass is 506 g/mol. The van der Waals surface area contributed by atoms with E-state index in [4.69, 9.17) is 16.3 Å². The predicted octanol–water partition coefficient (Wildman–Crippen LogP) is 5.59. The van der Waals surface area contributed by atoms with Gasteiger partial charge >= 0.3 is 0 Å². The van der Waals surface area contributed by atoms with E-state index < -0.39 is 6.04 Å². The van der Waals surface area contributed by atoms with E-state index in [9.17, 15) is 14.0 Å². The molecule has 2 amide bonds. The second-order valence-electron chi connectivity index (χ2n) is 8.58. The fraction of sp³-hybridized carbons (Fsp3) is 0.462. The first-order valence-corrected chi connectivity index (χ1v) is 13.2. The maximum absolute atomic E-state index is 14.1. The molecule has 1 aliphatic rings. The Morgan fingerprint density at radius 3 is 2.53 bits per heavy atom. The Morgan fingerprint density at radius 1 is 1.18 bits per heavy atom. The van der Waals surface area contributed by atoms with Crippen molar-refractivity contribution in [3.8, 4) is 5.75 Å². The van der Waals surface area contributed by atoms with Gasteiger partial charge in [0, 0.05) is 28.9 Å². The molecule has 1 aliphatic carbocycles. The normalized spacial score (nSPS) is 14.9. The smallest absolute Gasteiger partial charge is 0.242 e. The van der Waals surface area contributed by atoms with Crippen molar-refractivity contribution in [2.24, 2.45) is 0 Å². The van der Waals surface area contributed by atoms with Gasteiger partial charge in [-0.2, -0.15) is 0 Å². The number of benzene rings is 2. The van der Waals surface area contributed by atoms with Crippen LogP contribution in [0.4, 0.5) is 4.39 Å². The Kier molecular flexibility index (Phi) is 10.1. The fourth-order valence-electron chi connectivity index (χ4n) is 4.07. The Bertz CT molecular complexity index is 947. The lowest BCUT2D eigenvalue weighted by atomic mass is 9.95. The Morgan fingerprint density at radius 2 is 1.88 bits per heavy atom. The van der Waals surface area contributed by atoms with Crippen LogP contribution in [0.5, 0.6) is 5.75 Å². The first-order chi connectivity index (χ1) is 16.4. The minimum atomic E-state index is -0.630. The lowest BCUT2D eigenvalue weighted by Crippen LogP contribution is -2.50. The number of carbonyl (C=O) groups excluding carboxylic acids is 2. The molecule has 0 radical (unpaired) electrons. The zero-order valence-corrected chi connectivity index (χ0v) is 21.3. The van der Waals surface area contributed by atoms with Gasteiger partial charge in [-0.15, -0.1) is 11.8 Å². The second kappa shape index (κ2) is 13.0. The highest BCUT2D eigenvalue weighted by Crippen LogP contribution is 2.25. The molecule has 0 heterocycles. The molecule has 184 valence electrons. The summed E-state index contributed by atoms with van der Waals surface area (Å²) in [5.74, 6) is 0.401. The van der Waals surface area contributed by atoms with Crippen molar-refractivity contribution >= 4 is 35.2 Å². The van der Waals surface area contributed by atoms with E-state index in [2.05, 4.69) is 5.32 Å². The van der Waals surface area contributed by atoms with Gasteiger partial charge in [0.15, 0.2) is 0 Å². The van der Waals surface area contributed by atoms with Gasteiger partial charge in [0.25, 0.3) is 0 Å². The van der Waals surface area contributed by atoms with Gasteiger partial charge < -0.3 is 15.0 Å². The summed E-state index contributed by atoms with van der Waals surface area (Å²) in [5, 5.41) is 3.47. The van der Waals surface area contributed by atoms with Gasteiger partial charge in [-0.25, -0.2) is 4.39 Å². The number of amides is 2. The van der Waals surface area contributed by atoms with Crippen LogP contribution >= 0.6 is 23.4 Å². The molecule has 0 unspecified atom stereocenters. The van der Waals surface area contributed by atoms with Gasteiger partial charge in [-0.05, 0) is 49.6 Å². The lowest BCUT2D eigenvalue weighted by Gasteiger charge is -2.31. The van der Waals surface area contributed by atoms with Gasteiger partial charge in [-0.1, -0.05) is 49.1 Å². The van der Waals surface area contributed by atoms with Crippen molar-refractivity contribution < 1.29 is 18.7 Å². The van der Waals surface area contributed by atoms with Crippen LogP contribution in [0.2, 0.25) is 5.02 Å². The summed E-state index contributed by atoms with van der Waals surface area (Å²) in [5.41, 5.74) is 1.28. The van der Waals surface area contributed by atoms with E-state index in [0.717, 1.165) is 37.0 Å². The maximum atomic E-state index is 14.1. The number of carbonyl (C=O) groups is 2. The van der Waals surface area contributed by atoms with E-state index in [-0.39, 0.29) is 35.2 Å². The number of hydrogen-bond donors (Lipinski definition) is 1. The predicted molar refractivity (Wildman–Crippen MR) is 136 cm³/mol. The van der Waals surface area contributed by atoms with Crippen LogP contribution in [0.3, 0.4) is 0 Å². The van der Waals surface area contributed by atoms with Crippen LogP contribution in [0.25, 0.3) is 0 Å². The zero-order chi connectivity index (χ0) is 24.5. The van der Waals surface area contributed by atoms with E-state index >= 15 is 0 Å². The first kappa shape index (κ1) is 26.4. The molecule has 5 nitrogen and oxygen atoms in total. The standard InChI is InChI=1S/C26H32ClFN2O3S/c1-18(26(32)29-20-7-4-3-5-8-20)30(15-19-11-13-21(33-2)14-12-19)25(31)17-34-16-22-23(27)9-6-10-24(22)28/h6,9-14,18,20H,3-5,7-8,15-17H2,1-2H3,(H,29,32)/t18-/m0/s1. The van der Waals surface area contributed by atoms with Crippen LogP contribution in [-0.4, -0.2) is 41.7 Å². The van der Waals surface area contributed by atoms with Crippen molar-refractivity contribution in [2.45, 2.75) is 63.4 Å². The molecule has 0 bridgehead atoms. The summed E-state index contributed by atoms with van der Waals surface area (Å²) in [6.45, 7) is 2.06. The molecule has 1 atom stereocenters. The van der Waals surface area contributed by atoms with Crippen molar-refractivity contribution in [3.05, 3.63) is 64.4 Å². The van der Waals surface area contributed by atoms with Crippen molar-refractivity contribution in [1.82, 2.24) is 10.2 Å². The van der Waals surface area contributed by atoms with Crippen molar-refractivity contribution in [1.29, 1.82) is 0 Å². The first-order valence-electron chi connectivity index (χ1n) is 11.6. The molecule has 34 heavy (non-hydrogen) atoms. The highest BCUT2D eigenvalue weighted by Gasteiger charge is 2.28. The molecule has 0 aliphatic heterocycles. The fourth-order valence-corrected chi connectivity index (χ4v) is 5.32. The van der Waals surface area contributed by atoms with Crippen LogP contribution in [0, 0.1) is 5.82 Å². The third-order valence-electron chi connectivity index (χ3n) is 6.16. The molecule has 0 saturated heterocycles. The van der Waals surface area contributed by atoms with Crippen LogP contribution in [0.1, 0.15) is 50.2 Å². The molecule has 8 heteroatoms. The van der Waals surface area contributed by atoms with Gasteiger partial charge in [0.2, 0.25) is 11.8 Å².